The summed E-state index contributed by atoms with van der Waals surface area (Å²) in [5.74, 6) is -4.41. The molecule has 3 heterocycles. The van der Waals surface area contributed by atoms with Crippen LogP contribution >= 0.6 is 22.6 Å². The van der Waals surface area contributed by atoms with E-state index in [4.69, 9.17) is 23.9 Å². The predicted molar refractivity (Wildman–Crippen MR) is 253 cm³/mol. The highest BCUT2D eigenvalue weighted by molar-refractivity contribution is 14.1. The highest BCUT2D eigenvalue weighted by atomic mass is 127. The van der Waals surface area contributed by atoms with Crippen LogP contribution in [0.15, 0.2) is 77.6 Å². The molecule has 346 valence electrons. The second-order valence-electron chi connectivity index (χ2n) is 19.1. The van der Waals surface area contributed by atoms with Crippen LogP contribution in [0, 0.1) is 35.0 Å². The van der Waals surface area contributed by atoms with Crippen LogP contribution in [0.3, 0.4) is 0 Å². The average molecular weight is 984 g/mol. The summed E-state index contributed by atoms with van der Waals surface area (Å²) in [4.78, 5) is 52.3. The van der Waals surface area contributed by atoms with E-state index in [1.54, 1.807) is 38.4 Å². The number of aliphatic hydroxyl groups excluding tert-OH is 1. The number of carbonyl (C=O) groups excluding carboxylic acids is 3. The van der Waals surface area contributed by atoms with Gasteiger partial charge in [-0.25, -0.2) is 4.99 Å². The maximum absolute atomic E-state index is 14.5. The van der Waals surface area contributed by atoms with E-state index in [9.17, 15) is 24.6 Å². The molecule has 2 saturated heterocycles. The Balaban J connectivity index is 1.74. The lowest BCUT2D eigenvalue weighted by Crippen LogP contribution is -2.58. The van der Waals surface area contributed by atoms with E-state index in [0.717, 1.165) is 11.1 Å². The van der Waals surface area contributed by atoms with Crippen molar-refractivity contribution in [2.45, 2.75) is 147 Å². The van der Waals surface area contributed by atoms with Gasteiger partial charge in [-0.1, -0.05) is 87.9 Å². The summed E-state index contributed by atoms with van der Waals surface area (Å²) in [5.41, 5.74) is 1.17. The highest BCUT2D eigenvalue weighted by Gasteiger charge is 2.52. The van der Waals surface area contributed by atoms with Crippen LogP contribution in [0.1, 0.15) is 105 Å². The van der Waals surface area contributed by atoms with Gasteiger partial charge in [0.05, 0.1) is 24.5 Å². The molecule has 14 atom stereocenters. The average Bonchev–Trinajstić information content (AvgIpc) is 3.24. The van der Waals surface area contributed by atoms with Crippen molar-refractivity contribution >= 4 is 52.2 Å². The molecule has 3 fully saturated rings. The van der Waals surface area contributed by atoms with Gasteiger partial charge in [-0.3, -0.25) is 19.4 Å². The number of amides is 1. The lowest BCUT2D eigenvalue weighted by Gasteiger charge is -2.49. The molecule has 2 bridgehead atoms. The topological polar surface area (TPSA) is 157 Å². The first kappa shape index (κ1) is 50.7. The minimum Gasteiger partial charge on any atom is -0.461 e. The minimum absolute atomic E-state index is 0.0795. The number of ether oxygens (including phenoxy) is 4. The zero-order valence-corrected chi connectivity index (χ0v) is 40.9. The minimum atomic E-state index is -1.57. The van der Waals surface area contributed by atoms with Gasteiger partial charge in [-0.2, -0.15) is 0 Å². The summed E-state index contributed by atoms with van der Waals surface area (Å²) in [5, 5.41) is 24.6. The third-order valence-corrected chi connectivity index (χ3v) is 15.2. The van der Waals surface area contributed by atoms with Crippen molar-refractivity contribution < 1.29 is 43.5 Å². The number of halogens is 1. The van der Waals surface area contributed by atoms with Crippen LogP contribution in [0.4, 0.5) is 0 Å². The van der Waals surface area contributed by atoms with Crippen LogP contribution in [-0.4, -0.2) is 104 Å². The molecule has 0 unspecified atom stereocenters. The molecular weight excluding hydrogens is 913 g/mol. The number of benzene rings is 1. The van der Waals surface area contributed by atoms with Crippen molar-refractivity contribution in [1.82, 2.24) is 9.88 Å². The Kier molecular flexibility index (Phi) is 17.9. The van der Waals surface area contributed by atoms with Crippen molar-refractivity contribution in [3.8, 4) is 0 Å². The van der Waals surface area contributed by atoms with Gasteiger partial charge in [0, 0.05) is 42.9 Å². The third kappa shape index (κ3) is 12.9. The number of rotatable bonds is 8. The van der Waals surface area contributed by atoms with Crippen LogP contribution in [0.25, 0.3) is 6.08 Å². The van der Waals surface area contributed by atoms with Gasteiger partial charge in [0.1, 0.15) is 17.8 Å². The molecule has 1 aromatic heterocycles. The monoisotopic (exact) mass is 983 g/mol. The molecule has 1 aromatic carbocycles. The molecule has 63 heavy (non-hydrogen) atoms. The Bertz CT molecular complexity index is 1940. The molecule has 12 nitrogen and oxygen atoms in total. The van der Waals surface area contributed by atoms with Gasteiger partial charge in [-0.05, 0) is 130 Å². The van der Waals surface area contributed by atoms with Crippen LogP contribution in [0.5, 0.6) is 0 Å². The van der Waals surface area contributed by atoms with E-state index in [2.05, 4.69) is 37.1 Å². The fraction of sp³-hybridized carbons (Fsp3) is 0.620. The van der Waals surface area contributed by atoms with Gasteiger partial charge >= 0.3 is 11.9 Å². The SMILES string of the molecule is CC(=O)/N=C1\[C@H](C)C[C@@]2(C)CC/C(=C/C=C/c3ccccc3)CC[C@H]([C@H]1C)[C@](C)(O)[C@@H](I)OC(=O)[C@H](C)[C@@H](OC(=O)Cc1cccnc1)[C@H](C)[C@H]2O[C@@H]1O[C@H](C)C[C@H](N(C)C)[C@H]1O. The summed E-state index contributed by atoms with van der Waals surface area (Å²) in [6, 6.07) is 13.4. The number of fused-ring (bicyclic) bond motifs is 5. The van der Waals surface area contributed by atoms with Crippen molar-refractivity contribution in [2.24, 2.45) is 40.0 Å². The first-order valence-corrected chi connectivity index (χ1v) is 23.8. The fourth-order valence-electron chi connectivity index (χ4n) is 10.3. The Morgan fingerprint density at radius 1 is 1.05 bits per heavy atom. The second-order valence-corrected chi connectivity index (χ2v) is 20.2. The third-order valence-electron chi connectivity index (χ3n) is 13.7. The molecule has 5 rings (SSSR count). The molecule has 1 aliphatic carbocycles. The number of aliphatic imine (C=N–C) groups is 1. The van der Waals surface area contributed by atoms with E-state index >= 15 is 0 Å². The standard InChI is InChI=1S/C50H70IN3O9/c1-30-28-49(7)24-23-37(19-14-18-36-16-12-11-13-17-36)21-22-39(32(3)42(30)53-35(6)55)50(8,59)48(51)63-46(58)34(5)44(61-41(56)27-38-20-15-25-52-29-38)33(4)45(49)62-47-43(57)40(54(9)10)26-31(2)60-47/h11-20,25,29-34,39-40,43-45,47-48,57,59H,21-24,26-28H2,1-10H3/b18-14+,37-19+,53-42+/t30-,31-,32-,33+,34-,39-,40+,43-,44+,45-,47+,48+,49-,50+/m1/s1. The van der Waals surface area contributed by atoms with Crippen LogP contribution in [-0.2, 0) is 39.8 Å². The predicted octanol–water partition coefficient (Wildman–Crippen LogP) is 8.17. The fourth-order valence-corrected chi connectivity index (χ4v) is 11.0. The van der Waals surface area contributed by atoms with Gasteiger partial charge in [0.25, 0.3) is 0 Å². The number of nitrogens with zero attached hydrogens (tertiary/aromatic N) is 3. The molecule has 0 spiro atoms. The number of hydrogen-bond donors (Lipinski definition) is 2. The largest absolute Gasteiger partial charge is 0.461 e. The van der Waals surface area contributed by atoms with E-state index < -0.39 is 75.3 Å². The summed E-state index contributed by atoms with van der Waals surface area (Å²) in [7, 11) is 3.85. The van der Waals surface area contributed by atoms with Gasteiger partial charge in [-0.15, -0.1) is 0 Å². The van der Waals surface area contributed by atoms with E-state index in [1.165, 1.54) is 6.92 Å². The Morgan fingerprint density at radius 3 is 2.41 bits per heavy atom. The quantitative estimate of drug-likeness (QED) is 0.149. The van der Waals surface area contributed by atoms with Crippen molar-refractivity contribution in [3.63, 3.8) is 0 Å². The molecule has 0 radical (unpaired) electrons. The van der Waals surface area contributed by atoms with Crippen molar-refractivity contribution in [2.75, 3.05) is 14.1 Å². The number of carbonyl (C=O) groups is 3. The smallest absolute Gasteiger partial charge is 0.313 e. The number of cyclic esters (lactones) is 1. The normalized spacial score (nSPS) is 37.5. The lowest BCUT2D eigenvalue weighted by atomic mass is 9.65. The molecular formula is C50H70IN3O9. The molecule has 1 saturated carbocycles. The van der Waals surface area contributed by atoms with Crippen molar-refractivity contribution in [3.05, 3.63) is 83.7 Å². The number of pyridine rings is 1. The summed E-state index contributed by atoms with van der Waals surface area (Å²) in [6.07, 6.45) is 8.67. The number of alkyl halides is 1. The molecule has 1 amide bonds. The molecule has 3 aliphatic rings. The Morgan fingerprint density at radius 2 is 1.76 bits per heavy atom. The Labute approximate surface area is 388 Å². The molecule has 2 N–H and O–H groups in total. The van der Waals surface area contributed by atoms with Gasteiger partial charge < -0.3 is 34.1 Å². The Hall–Kier alpha value is -3.34. The second kappa shape index (κ2) is 22.2. The van der Waals surface area contributed by atoms with E-state index in [0.29, 0.717) is 49.8 Å². The zero-order valence-electron chi connectivity index (χ0n) is 38.8. The van der Waals surface area contributed by atoms with Crippen LogP contribution < -0.4 is 0 Å². The zero-order chi connectivity index (χ0) is 46.2. The number of esters is 2. The van der Waals surface area contributed by atoms with Gasteiger partial charge in [0.15, 0.2) is 10.4 Å². The molecule has 2 aromatic rings. The number of likely N-dealkylation sites (N-methyl/N-ethyl adjacent to an activating group) is 1. The lowest BCUT2D eigenvalue weighted by molar-refractivity contribution is -0.292. The highest BCUT2D eigenvalue weighted by Crippen LogP contribution is 2.48. The first-order chi connectivity index (χ1) is 29.7. The maximum atomic E-state index is 14.5. The molecule has 2 aliphatic heterocycles. The maximum Gasteiger partial charge on any atom is 0.313 e. The molecule has 13 heteroatoms. The van der Waals surface area contributed by atoms with Gasteiger partial charge in [0.2, 0.25) is 5.91 Å². The number of allylic oxidation sites excluding steroid dienone is 3. The van der Waals surface area contributed by atoms with Crippen molar-refractivity contribution in [1.29, 1.82) is 0 Å². The number of aliphatic hydroxyl groups is 2. The summed E-state index contributed by atoms with van der Waals surface area (Å²) in [6.45, 7) is 14.9. The van der Waals surface area contributed by atoms with E-state index in [1.807, 2.05) is 92.7 Å². The summed E-state index contributed by atoms with van der Waals surface area (Å²) < 4.78 is 25.3. The first-order valence-electron chi connectivity index (χ1n) is 22.5. The van der Waals surface area contributed by atoms with Crippen LogP contribution in [0.2, 0.25) is 0 Å². The number of hydrogen-bond acceptors (Lipinski definition) is 11. The summed E-state index contributed by atoms with van der Waals surface area (Å²) >= 11 is 2.00. The van der Waals surface area contributed by atoms with E-state index in [-0.39, 0.29) is 30.4 Å². The number of aromatic nitrogens is 1.